The van der Waals surface area contributed by atoms with E-state index >= 15 is 0 Å². The van der Waals surface area contributed by atoms with Gasteiger partial charge in [0, 0.05) is 31.4 Å². The van der Waals surface area contributed by atoms with Gasteiger partial charge in [0.1, 0.15) is 4.75 Å². The van der Waals surface area contributed by atoms with Crippen LogP contribution in [0.3, 0.4) is 0 Å². The molecular weight excluding hydrogens is 240 g/mol. The molecule has 0 aromatic heterocycles. The highest BCUT2D eigenvalue weighted by Crippen LogP contribution is 2.21. The number of hydrogen-bond donors (Lipinski definition) is 1. The second-order valence-electron chi connectivity index (χ2n) is 5.40. The van der Waals surface area contributed by atoms with E-state index in [1.165, 1.54) is 13.8 Å². The van der Waals surface area contributed by atoms with Crippen molar-refractivity contribution in [2.24, 2.45) is 0 Å². The molecule has 1 fully saturated rings. The number of rotatable bonds is 2. The maximum absolute atomic E-state index is 12.3. The fourth-order valence-electron chi connectivity index (χ4n) is 1.81. The van der Waals surface area contributed by atoms with Crippen LogP contribution in [0.15, 0.2) is 0 Å². The van der Waals surface area contributed by atoms with Crippen molar-refractivity contribution in [2.75, 3.05) is 19.3 Å². The van der Waals surface area contributed by atoms with Gasteiger partial charge in [-0.3, -0.25) is 4.79 Å². The third kappa shape index (κ3) is 2.80. The lowest BCUT2D eigenvalue weighted by Gasteiger charge is -2.40. The zero-order valence-corrected chi connectivity index (χ0v) is 12.0. The Labute approximate surface area is 103 Å². The lowest BCUT2D eigenvalue weighted by molar-refractivity contribution is -0.136. The molecule has 100 valence electrons. The second-order valence-corrected chi connectivity index (χ2v) is 7.96. The summed E-state index contributed by atoms with van der Waals surface area (Å²) in [5.74, 6) is -0.305. The molecule has 0 aliphatic carbocycles. The monoisotopic (exact) mass is 262 g/mol. The van der Waals surface area contributed by atoms with Crippen LogP contribution < -0.4 is 5.32 Å². The maximum atomic E-state index is 12.3. The van der Waals surface area contributed by atoms with E-state index in [0.717, 1.165) is 6.26 Å². The van der Waals surface area contributed by atoms with E-state index < -0.39 is 14.6 Å². The molecule has 1 rings (SSSR count). The van der Waals surface area contributed by atoms with Crippen LogP contribution in [0, 0.1) is 0 Å². The molecule has 17 heavy (non-hydrogen) atoms. The lowest BCUT2D eigenvalue weighted by Crippen LogP contribution is -2.61. The number of nitrogens with zero attached hydrogens (tertiary/aromatic N) is 1. The Balaban J connectivity index is 2.96. The molecule has 0 aromatic rings. The molecule has 1 N–H and O–H groups in total. The molecule has 1 saturated heterocycles. The van der Waals surface area contributed by atoms with Crippen LogP contribution >= 0.6 is 0 Å². The summed E-state index contributed by atoms with van der Waals surface area (Å²) in [4.78, 5) is 14.0. The highest BCUT2D eigenvalue weighted by Gasteiger charge is 2.43. The SMILES string of the molecule is CC1CN(C(=O)C(C)(C)S(C)(=O)=O)C(C)CN1. The molecule has 6 heteroatoms. The van der Waals surface area contributed by atoms with Crippen molar-refractivity contribution < 1.29 is 13.2 Å². The Morgan fingerprint density at radius 2 is 1.88 bits per heavy atom. The molecule has 1 aliphatic heterocycles. The summed E-state index contributed by atoms with van der Waals surface area (Å²) in [5.41, 5.74) is 0. The summed E-state index contributed by atoms with van der Waals surface area (Å²) in [5, 5.41) is 3.26. The highest BCUT2D eigenvalue weighted by molar-refractivity contribution is 7.92. The van der Waals surface area contributed by atoms with Gasteiger partial charge in [-0.1, -0.05) is 0 Å². The van der Waals surface area contributed by atoms with E-state index in [9.17, 15) is 13.2 Å². The van der Waals surface area contributed by atoms with Crippen molar-refractivity contribution in [1.29, 1.82) is 0 Å². The molecule has 0 radical (unpaired) electrons. The highest BCUT2D eigenvalue weighted by atomic mass is 32.2. The van der Waals surface area contributed by atoms with Crippen LogP contribution in [-0.4, -0.2) is 55.4 Å². The fourth-order valence-corrected chi connectivity index (χ4v) is 2.24. The number of carbonyl (C=O) groups excluding carboxylic acids is 1. The summed E-state index contributed by atoms with van der Waals surface area (Å²) in [6, 6.07) is 0.227. The minimum atomic E-state index is -3.40. The van der Waals surface area contributed by atoms with Gasteiger partial charge in [-0.25, -0.2) is 8.42 Å². The number of sulfone groups is 1. The summed E-state index contributed by atoms with van der Waals surface area (Å²) in [7, 11) is -3.40. The molecule has 1 amide bonds. The smallest absolute Gasteiger partial charge is 0.243 e. The van der Waals surface area contributed by atoms with Crippen molar-refractivity contribution in [3.8, 4) is 0 Å². The summed E-state index contributed by atoms with van der Waals surface area (Å²) < 4.78 is 22.0. The quantitative estimate of drug-likeness (QED) is 0.762. The van der Waals surface area contributed by atoms with E-state index in [1.807, 2.05) is 13.8 Å². The van der Waals surface area contributed by atoms with Gasteiger partial charge in [-0.15, -0.1) is 0 Å². The second kappa shape index (κ2) is 4.57. The Bertz CT molecular complexity index is 403. The Hall–Kier alpha value is -0.620. The first-order chi connectivity index (χ1) is 7.57. The number of carbonyl (C=O) groups is 1. The number of nitrogens with one attached hydrogen (secondary N) is 1. The minimum absolute atomic E-state index is 0.0275. The Kier molecular flexibility index (Phi) is 3.88. The molecule has 2 unspecified atom stereocenters. The first-order valence-electron chi connectivity index (χ1n) is 5.81. The Morgan fingerprint density at radius 3 is 2.35 bits per heavy atom. The van der Waals surface area contributed by atoms with Gasteiger partial charge < -0.3 is 10.2 Å². The maximum Gasteiger partial charge on any atom is 0.243 e. The van der Waals surface area contributed by atoms with Crippen molar-refractivity contribution in [3.05, 3.63) is 0 Å². The minimum Gasteiger partial charge on any atom is -0.336 e. The summed E-state index contributed by atoms with van der Waals surface area (Å²) >= 11 is 0. The predicted molar refractivity (Wildman–Crippen MR) is 67.6 cm³/mol. The largest absolute Gasteiger partial charge is 0.336 e. The molecule has 0 spiro atoms. The average molecular weight is 262 g/mol. The lowest BCUT2D eigenvalue weighted by atomic mass is 10.1. The van der Waals surface area contributed by atoms with Crippen molar-refractivity contribution in [3.63, 3.8) is 0 Å². The molecule has 0 saturated carbocycles. The molecule has 1 heterocycles. The normalized spacial score (nSPS) is 27.0. The van der Waals surface area contributed by atoms with Crippen LogP contribution in [0.5, 0.6) is 0 Å². The van der Waals surface area contributed by atoms with Crippen LogP contribution in [0.1, 0.15) is 27.7 Å². The molecule has 0 bridgehead atoms. The number of hydrogen-bond acceptors (Lipinski definition) is 4. The van der Waals surface area contributed by atoms with Gasteiger partial charge in [0.25, 0.3) is 0 Å². The molecule has 2 atom stereocenters. The van der Waals surface area contributed by atoms with E-state index in [2.05, 4.69) is 5.32 Å². The van der Waals surface area contributed by atoms with Crippen molar-refractivity contribution in [1.82, 2.24) is 10.2 Å². The van der Waals surface area contributed by atoms with Gasteiger partial charge in [0.15, 0.2) is 9.84 Å². The first kappa shape index (κ1) is 14.4. The van der Waals surface area contributed by atoms with Gasteiger partial charge in [0.2, 0.25) is 5.91 Å². The zero-order chi connectivity index (χ0) is 13.4. The van der Waals surface area contributed by atoms with Crippen molar-refractivity contribution >= 4 is 15.7 Å². The predicted octanol–water partition coefficient (Wildman–Crippen LogP) is 0.0184. The fraction of sp³-hybridized carbons (Fsp3) is 0.909. The third-order valence-electron chi connectivity index (χ3n) is 3.47. The van der Waals surface area contributed by atoms with E-state index in [4.69, 9.17) is 0 Å². The molecule has 0 aromatic carbocycles. The van der Waals surface area contributed by atoms with E-state index in [-0.39, 0.29) is 18.0 Å². The van der Waals surface area contributed by atoms with Gasteiger partial charge in [0.05, 0.1) is 0 Å². The van der Waals surface area contributed by atoms with Crippen LogP contribution in [0.4, 0.5) is 0 Å². The zero-order valence-electron chi connectivity index (χ0n) is 11.1. The van der Waals surface area contributed by atoms with E-state index in [1.54, 1.807) is 4.90 Å². The first-order valence-corrected chi connectivity index (χ1v) is 7.70. The summed E-state index contributed by atoms with van der Waals surface area (Å²) in [6.45, 7) is 8.12. The van der Waals surface area contributed by atoms with Crippen LogP contribution in [-0.2, 0) is 14.6 Å². The molecular formula is C11H22N2O3S. The summed E-state index contributed by atoms with van der Waals surface area (Å²) in [6.07, 6.45) is 1.11. The van der Waals surface area contributed by atoms with Gasteiger partial charge in [-0.05, 0) is 27.7 Å². The van der Waals surface area contributed by atoms with Crippen LogP contribution in [0.2, 0.25) is 0 Å². The van der Waals surface area contributed by atoms with E-state index in [0.29, 0.717) is 13.1 Å². The average Bonchev–Trinajstić information content (AvgIpc) is 2.19. The standard InChI is InChI=1S/C11H22N2O3S/c1-8-7-13(9(2)6-12-8)10(14)11(3,4)17(5,15)16/h8-9,12H,6-7H2,1-5H3. The molecule has 1 aliphatic rings. The van der Waals surface area contributed by atoms with Crippen LogP contribution in [0.25, 0.3) is 0 Å². The van der Waals surface area contributed by atoms with Gasteiger partial charge in [-0.2, -0.15) is 0 Å². The Morgan fingerprint density at radius 1 is 1.35 bits per heavy atom. The molecule has 5 nitrogen and oxygen atoms in total. The van der Waals surface area contributed by atoms with Crippen molar-refractivity contribution in [2.45, 2.75) is 44.5 Å². The number of amides is 1. The number of piperazine rings is 1. The van der Waals surface area contributed by atoms with Gasteiger partial charge >= 0.3 is 0 Å². The topological polar surface area (TPSA) is 66.5 Å². The third-order valence-corrected chi connectivity index (χ3v) is 5.50.